The summed E-state index contributed by atoms with van der Waals surface area (Å²) in [5, 5.41) is 10.3. The maximum absolute atomic E-state index is 10.3. The van der Waals surface area contributed by atoms with Crippen LogP contribution in [0.25, 0.3) is 0 Å². The monoisotopic (exact) mass is 609 g/mol. The average molecular weight is 610 g/mol. The van der Waals surface area contributed by atoms with Crippen molar-refractivity contribution in [2.24, 2.45) is 4.99 Å². The third kappa shape index (κ3) is 7.04. The minimum Gasteiger partial charge on any atom is -0.872 e. The highest BCUT2D eigenvalue weighted by Gasteiger charge is 2.46. The number of anilines is 2. The molecule has 0 saturated heterocycles. The predicted molar refractivity (Wildman–Crippen MR) is 195 cm³/mol. The molecular formula is C43H35N3O. The molecule has 228 valence electrons. The molecule has 7 rings (SSSR count). The summed E-state index contributed by atoms with van der Waals surface area (Å²) >= 11 is 0. The average Bonchev–Trinajstić information content (AvgIpc) is 3.15. The zero-order valence-corrected chi connectivity index (χ0v) is 26.0. The van der Waals surface area contributed by atoms with Crippen molar-refractivity contribution in [1.29, 1.82) is 0 Å². The van der Waals surface area contributed by atoms with E-state index in [-0.39, 0.29) is 10.2 Å². The van der Waals surface area contributed by atoms with Gasteiger partial charge >= 0.3 is 5.96 Å². The molecule has 0 aliphatic carbocycles. The summed E-state index contributed by atoms with van der Waals surface area (Å²) in [5.41, 5.74) is 6.14. The molecule has 0 fully saturated rings. The number of hydrogen-bond donors (Lipinski definition) is 0. The Bertz CT molecular complexity index is 1820. The Balaban J connectivity index is 0.000000491. The second-order valence-corrected chi connectivity index (χ2v) is 10.7. The van der Waals surface area contributed by atoms with Crippen molar-refractivity contribution in [1.82, 2.24) is 4.48 Å². The zero-order valence-electron chi connectivity index (χ0n) is 26.0. The van der Waals surface area contributed by atoms with Crippen molar-refractivity contribution in [2.45, 2.75) is 0 Å². The lowest BCUT2D eigenvalue weighted by molar-refractivity contribution is -0.268. The Morgan fingerprint density at radius 1 is 0.383 bits per heavy atom. The van der Waals surface area contributed by atoms with Gasteiger partial charge in [-0.25, -0.2) is 4.90 Å². The van der Waals surface area contributed by atoms with Gasteiger partial charge in [0.2, 0.25) is 0 Å². The van der Waals surface area contributed by atoms with Crippen LogP contribution in [0.3, 0.4) is 0 Å². The fourth-order valence-electron chi connectivity index (χ4n) is 5.60. The maximum atomic E-state index is 10.3. The van der Waals surface area contributed by atoms with Crippen molar-refractivity contribution >= 4 is 40.1 Å². The van der Waals surface area contributed by atoms with Crippen molar-refractivity contribution < 1.29 is 5.11 Å². The van der Waals surface area contributed by atoms with E-state index in [0.717, 1.165) is 40.1 Å². The van der Waals surface area contributed by atoms with Gasteiger partial charge in [0.1, 0.15) is 0 Å². The molecule has 0 aliphatic rings. The van der Waals surface area contributed by atoms with E-state index in [1.54, 1.807) is 12.1 Å². The van der Waals surface area contributed by atoms with E-state index in [9.17, 15) is 5.11 Å². The molecule has 0 radical (unpaired) electrons. The molecule has 0 saturated carbocycles. The van der Waals surface area contributed by atoms with Gasteiger partial charge < -0.3 is 5.11 Å². The number of hydrogen-bond acceptors (Lipinski definition) is 2. The third-order valence-corrected chi connectivity index (χ3v) is 7.69. The number of quaternary nitrogens is 1. The molecule has 0 heterocycles. The minimum atomic E-state index is 0.0718. The van der Waals surface area contributed by atoms with Crippen LogP contribution in [0.2, 0.25) is 0 Å². The summed E-state index contributed by atoms with van der Waals surface area (Å²) in [6.07, 6.45) is 0. The van der Waals surface area contributed by atoms with Crippen molar-refractivity contribution in [3.8, 4) is 5.75 Å². The number of benzene rings is 7. The van der Waals surface area contributed by atoms with Crippen LogP contribution < -0.4 is 14.5 Å². The number of aliphatic imine (C=N–C) groups is 1. The van der Waals surface area contributed by atoms with E-state index in [1.807, 2.05) is 36.4 Å². The normalized spacial score (nSPS) is 11.2. The topological polar surface area (TPSA) is 38.7 Å². The predicted octanol–water partition coefficient (Wildman–Crippen LogP) is 10.9. The van der Waals surface area contributed by atoms with Crippen LogP contribution in [0.15, 0.2) is 217 Å². The summed E-state index contributed by atoms with van der Waals surface area (Å²) in [6.45, 7) is 0. The van der Waals surface area contributed by atoms with Crippen molar-refractivity contribution in [3.63, 3.8) is 0 Å². The Labute approximate surface area is 277 Å². The second kappa shape index (κ2) is 15.2. The molecule has 0 bridgehead atoms. The smallest absolute Gasteiger partial charge is 0.330 e. The van der Waals surface area contributed by atoms with Gasteiger partial charge in [-0.1, -0.05) is 140 Å². The highest BCUT2D eigenvalue weighted by molar-refractivity contribution is 6.16. The molecule has 4 nitrogen and oxygen atoms in total. The van der Waals surface area contributed by atoms with E-state index in [2.05, 4.69) is 157 Å². The van der Waals surface area contributed by atoms with Gasteiger partial charge in [-0.15, -0.1) is 5.75 Å². The first-order valence-electron chi connectivity index (χ1n) is 15.6. The van der Waals surface area contributed by atoms with Gasteiger partial charge in [0.25, 0.3) is 0 Å². The van der Waals surface area contributed by atoms with E-state index >= 15 is 0 Å². The van der Waals surface area contributed by atoms with E-state index in [0.29, 0.717) is 0 Å². The number of para-hydroxylation sites is 7. The number of nitrogens with zero attached hydrogens (tertiary/aromatic N) is 3. The molecule has 0 N–H and O–H groups in total. The van der Waals surface area contributed by atoms with Crippen LogP contribution in [-0.4, -0.2) is 5.96 Å². The third-order valence-electron chi connectivity index (χ3n) is 7.69. The summed E-state index contributed by atoms with van der Waals surface area (Å²) in [5.74, 6) is 0.898. The van der Waals surface area contributed by atoms with Crippen LogP contribution >= 0.6 is 0 Å². The Hall–Kier alpha value is -6.23. The highest BCUT2D eigenvalue weighted by Crippen LogP contribution is 2.47. The van der Waals surface area contributed by atoms with Gasteiger partial charge in [-0.3, -0.25) is 0 Å². The Morgan fingerprint density at radius 2 is 0.681 bits per heavy atom. The van der Waals surface area contributed by atoms with E-state index in [4.69, 9.17) is 4.99 Å². The molecule has 0 aliphatic heterocycles. The van der Waals surface area contributed by atoms with Crippen LogP contribution in [0.1, 0.15) is 0 Å². The van der Waals surface area contributed by atoms with Gasteiger partial charge in [0.05, 0.1) is 17.1 Å². The van der Waals surface area contributed by atoms with Crippen molar-refractivity contribution in [3.05, 3.63) is 212 Å². The number of guanidine groups is 1. The van der Waals surface area contributed by atoms with Crippen LogP contribution in [0.4, 0.5) is 34.1 Å². The molecule has 0 spiro atoms. The Morgan fingerprint density at radius 3 is 1.00 bits per heavy atom. The van der Waals surface area contributed by atoms with Crippen LogP contribution in [-0.2, 0) is 0 Å². The molecule has 0 unspecified atom stereocenters. The van der Waals surface area contributed by atoms with Gasteiger partial charge in [-0.2, -0.15) is 9.48 Å². The highest BCUT2D eigenvalue weighted by atomic mass is 16.3. The lowest BCUT2D eigenvalue weighted by Crippen LogP contribution is -2.52. The maximum Gasteiger partial charge on any atom is 0.330 e. The molecular weight excluding hydrogens is 574 g/mol. The first kappa shape index (κ1) is 30.8. The zero-order chi connectivity index (χ0) is 32.2. The molecule has 0 aromatic heterocycles. The summed E-state index contributed by atoms with van der Waals surface area (Å²) in [4.78, 5) is 7.81. The summed E-state index contributed by atoms with van der Waals surface area (Å²) in [6, 6.07) is 71.5. The van der Waals surface area contributed by atoms with Crippen LogP contribution in [0, 0.1) is 0 Å². The molecule has 7 aromatic carbocycles. The quantitative estimate of drug-likeness (QED) is 0.107. The lowest BCUT2D eigenvalue weighted by atomic mass is 10.1. The minimum absolute atomic E-state index is 0.0718. The van der Waals surface area contributed by atoms with Crippen molar-refractivity contribution in [2.75, 3.05) is 4.90 Å². The number of rotatable bonds is 6. The molecule has 47 heavy (non-hydrogen) atoms. The second-order valence-electron chi connectivity index (χ2n) is 10.7. The standard InChI is InChI=1S/C37H30N3.C6H6O/c1-7-19-31(20-8-1)38-37(39(32-21-9-2-10-22-32)33-23-11-3-12-24-33)40(34-25-13-4-14-26-34,35-27-15-5-16-28-35)36-29-17-6-18-30-36;7-6-4-2-1-3-5-6/h1-30H;1-5,7H/q+1;/p-1. The first-order chi connectivity index (χ1) is 23.3. The van der Waals surface area contributed by atoms with E-state index in [1.165, 1.54) is 12.1 Å². The summed E-state index contributed by atoms with van der Waals surface area (Å²) in [7, 11) is 0. The fourth-order valence-corrected chi connectivity index (χ4v) is 5.60. The molecule has 0 amide bonds. The molecule has 4 heteroatoms. The lowest BCUT2D eigenvalue weighted by Gasteiger charge is -2.41. The largest absolute Gasteiger partial charge is 0.872 e. The van der Waals surface area contributed by atoms with Crippen LogP contribution in [0.5, 0.6) is 5.75 Å². The SMILES string of the molecule is [O-]c1ccccc1.c1ccc(N=C(N(c2ccccc2)c2ccccc2)[N+](c2ccccc2)(c2ccccc2)c2ccccc2)cc1. The Kier molecular flexibility index (Phi) is 9.94. The summed E-state index contributed by atoms with van der Waals surface area (Å²) < 4.78 is 0.265. The van der Waals surface area contributed by atoms with Gasteiger partial charge in [0, 0.05) is 36.4 Å². The van der Waals surface area contributed by atoms with Gasteiger partial charge in [-0.05, 0) is 36.4 Å². The first-order valence-corrected chi connectivity index (χ1v) is 15.6. The molecule has 0 atom stereocenters. The van der Waals surface area contributed by atoms with Gasteiger partial charge in [0.15, 0.2) is 17.1 Å². The van der Waals surface area contributed by atoms with E-state index < -0.39 is 0 Å². The molecule has 7 aromatic rings. The fraction of sp³-hybridized carbons (Fsp3) is 0.